The summed E-state index contributed by atoms with van der Waals surface area (Å²) in [6.07, 6.45) is 0.326. The van der Waals surface area contributed by atoms with E-state index in [1.54, 1.807) is 30.7 Å². The van der Waals surface area contributed by atoms with Crippen molar-refractivity contribution in [1.82, 2.24) is 25.0 Å². The molecule has 31 heavy (non-hydrogen) atoms. The minimum absolute atomic E-state index is 0.0414. The Kier molecular flexibility index (Phi) is 6.54. The van der Waals surface area contributed by atoms with Crippen molar-refractivity contribution in [2.45, 2.75) is 32.7 Å². The first kappa shape index (κ1) is 22.6. The number of nitrogens with one attached hydrogen (secondary N) is 2. The second-order valence-electron chi connectivity index (χ2n) is 7.91. The maximum atomic E-state index is 14.2. The fourth-order valence-corrected chi connectivity index (χ4v) is 3.97. The molecule has 2 aromatic heterocycles. The Balaban J connectivity index is 1.72. The molecule has 0 spiro atoms. The first-order valence-electron chi connectivity index (χ1n) is 10.0. The molecule has 1 atom stereocenters. The molecular weight excluding hydrogens is 404 g/mol. The summed E-state index contributed by atoms with van der Waals surface area (Å²) in [5.41, 5.74) is 2.45. The second-order valence-corrected chi connectivity index (χ2v) is 7.91. The summed E-state index contributed by atoms with van der Waals surface area (Å²) in [7, 11) is 5.14. The lowest BCUT2D eigenvalue weighted by atomic mass is 10.0. The number of hydrogen-bond donors (Lipinski definition) is 2. The number of likely N-dealkylation sites (N-methyl/N-ethyl adjacent to an activating group) is 1. The van der Waals surface area contributed by atoms with Gasteiger partial charge in [-0.1, -0.05) is 6.07 Å². The van der Waals surface area contributed by atoms with E-state index in [4.69, 9.17) is 0 Å². The van der Waals surface area contributed by atoms with Gasteiger partial charge in [-0.3, -0.25) is 14.3 Å². The van der Waals surface area contributed by atoms with Gasteiger partial charge in [0.15, 0.2) is 0 Å². The minimum Gasteiger partial charge on any atom is -0.354 e. The second kappa shape index (κ2) is 8.97. The highest BCUT2D eigenvalue weighted by atomic mass is 19.1. The summed E-state index contributed by atoms with van der Waals surface area (Å²) in [5, 5.41) is 7.95. The fraction of sp³-hybridized carbons (Fsp3) is 0.409. The molecule has 7 nitrogen and oxygen atoms in total. The molecular formula is C22H27F2N5O2. The number of aromatic nitrogens is 3. The first-order chi connectivity index (χ1) is 14.6. The molecule has 0 fully saturated rings. The zero-order valence-electron chi connectivity index (χ0n) is 18.3. The summed E-state index contributed by atoms with van der Waals surface area (Å²) in [6.45, 7) is 3.76. The van der Waals surface area contributed by atoms with Crippen molar-refractivity contribution >= 4 is 16.9 Å². The topological polar surface area (TPSA) is 83.0 Å². The number of fused-ring (bicyclic) bond motifs is 1. The van der Waals surface area contributed by atoms with Crippen molar-refractivity contribution in [1.29, 1.82) is 0 Å². The number of hydrogen-bond acceptors (Lipinski definition) is 4. The number of pyridine rings is 1. The number of rotatable bonds is 7. The number of carbonyl (C=O) groups is 1. The lowest BCUT2D eigenvalue weighted by Gasteiger charge is -2.25. The van der Waals surface area contributed by atoms with Crippen LogP contribution in [0.2, 0.25) is 0 Å². The van der Waals surface area contributed by atoms with E-state index in [-0.39, 0.29) is 36.4 Å². The van der Waals surface area contributed by atoms with Gasteiger partial charge in [-0.2, -0.15) is 5.10 Å². The summed E-state index contributed by atoms with van der Waals surface area (Å²) < 4.78 is 30.0. The SMILES string of the molecule is Cc1nn(C)c2[nH]c(=O)c(CCC(=O)NCC(c3c(F)cccc3F)N(C)C)c(C)c12. The van der Waals surface area contributed by atoms with Crippen LogP contribution >= 0.6 is 0 Å². The maximum absolute atomic E-state index is 14.2. The molecule has 3 rings (SSSR count). The largest absolute Gasteiger partial charge is 0.354 e. The predicted molar refractivity (Wildman–Crippen MR) is 115 cm³/mol. The van der Waals surface area contributed by atoms with Crippen LogP contribution in [0.1, 0.15) is 34.8 Å². The van der Waals surface area contributed by atoms with Gasteiger partial charge in [0.1, 0.15) is 17.3 Å². The number of aromatic amines is 1. The zero-order chi connectivity index (χ0) is 22.9. The van der Waals surface area contributed by atoms with Gasteiger partial charge in [0.2, 0.25) is 5.91 Å². The Labute approximate surface area is 179 Å². The van der Waals surface area contributed by atoms with E-state index in [0.717, 1.165) is 16.6 Å². The third-order valence-corrected chi connectivity index (χ3v) is 5.61. The highest BCUT2D eigenvalue weighted by Gasteiger charge is 2.23. The van der Waals surface area contributed by atoms with Crippen LogP contribution in [0.15, 0.2) is 23.0 Å². The van der Waals surface area contributed by atoms with Gasteiger partial charge >= 0.3 is 0 Å². The molecule has 3 aromatic rings. The van der Waals surface area contributed by atoms with Crippen LogP contribution < -0.4 is 10.9 Å². The Morgan fingerprint density at radius 3 is 2.52 bits per heavy atom. The summed E-state index contributed by atoms with van der Waals surface area (Å²) in [6, 6.07) is 3.04. The van der Waals surface area contributed by atoms with Crippen molar-refractivity contribution in [3.63, 3.8) is 0 Å². The van der Waals surface area contributed by atoms with Crippen LogP contribution in [0.3, 0.4) is 0 Å². The molecule has 0 saturated carbocycles. The quantitative estimate of drug-likeness (QED) is 0.602. The molecule has 1 aromatic carbocycles. The van der Waals surface area contributed by atoms with Crippen LogP contribution in [0, 0.1) is 25.5 Å². The Bertz CT molecular complexity index is 1160. The van der Waals surface area contributed by atoms with Gasteiger partial charge in [0, 0.05) is 36.5 Å². The normalized spacial score (nSPS) is 12.5. The van der Waals surface area contributed by atoms with Crippen LogP contribution in [0.5, 0.6) is 0 Å². The van der Waals surface area contributed by atoms with Crippen molar-refractivity contribution in [2.24, 2.45) is 7.05 Å². The highest BCUT2D eigenvalue weighted by Crippen LogP contribution is 2.24. The molecule has 0 aliphatic carbocycles. The fourth-order valence-electron chi connectivity index (χ4n) is 3.97. The molecule has 2 N–H and O–H groups in total. The average Bonchev–Trinajstić information content (AvgIpc) is 2.96. The van der Waals surface area contributed by atoms with E-state index in [9.17, 15) is 18.4 Å². The molecule has 0 bridgehead atoms. The molecule has 0 aliphatic rings. The number of carbonyl (C=O) groups excluding carboxylic acids is 1. The molecule has 0 saturated heterocycles. The minimum atomic E-state index is -0.662. The zero-order valence-corrected chi connectivity index (χ0v) is 18.3. The number of amides is 1. The summed E-state index contributed by atoms with van der Waals surface area (Å²) in [5.74, 6) is -1.61. The lowest BCUT2D eigenvalue weighted by molar-refractivity contribution is -0.121. The Morgan fingerprint density at radius 2 is 1.90 bits per heavy atom. The maximum Gasteiger partial charge on any atom is 0.253 e. The first-order valence-corrected chi connectivity index (χ1v) is 10.0. The van der Waals surface area contributed by atoms with E-state index in [0.29, 0.717) is 11.2 Å². The standard InChI is InChI=1S/C22H27F2N5O2/c1-12-14(22(31)26-21-19(12)13(2)27-29(21)5)9-10-18(30)25-11-17(28(3)4)20-15(23)7-6-8-16(20)24/h6-8,17H,9-11H2,1-5H3,(H,25,30)(H,26,31). The van der Waals surface area contributed by atoms with Crippen molar-refractivity contribution in [3.8, 4) is 0 Å². The molecule has 1 unspecified atom stereocenters. The van der Waals surface area contributed by atoms with E-state index < -0.39 is 17.7 Å². The number of aryl methyl sites for hydroxylation is 3. The van der Waals surface area contributed by atoms with E-state index in [1.807, 2.05) is 13.8 Å². The molecule has 166 valence electrons. The van der Waals surface area contributed by atoms with Gasteiger partial charge in [0.25, 0.3) is 5.56 Å². The van der Waals surface area contributed by atoms with Crippen LogP contribution in [0.25, 0.3) is 11.0 Å². The van der Waals surface area contributed by atoms with Crippen molar-refractivity contribution in [2.75, 3.05) is 20.6 Å². The van der Waals surface area contributed by atoms with Gasteiger partial charge < -0.3 is 15.2 Å². The smallest absolute Gasteiger partial charge is 0.253 e. The van der Waals surface area contributed by atoms with Gasteiger partial charge in [-0.25, -0.2) is 8.78 Å². The molecule has 2 heterocycles. The van der Waals surface area contributed by atoms with Crippen LogP contribution in [-0.2, 0) is 18.3 Å². The number of H-pyrrole nitrogens is 1. The molecule has 9 heteroatoms. The van der Waals surface area contributed by atoms with E-state index in [1.165, 1.54) is 18.2 Å². The lowest BCUT2D eigenvalue weighted by Crippen LogP contribution is -2.35. The van der Waals surface area contributed by atoms with Gasteiger partial charge in [0.05, 0.1) is 11.7 Å². The van der Waals surface area contributed by atoms with E-state index >= 15 is 0 Å². The highest BCUT2D eigenvalue weighted by molar-refractivity contribution is 5.83. The Morgan fingerprint density at radius 1 is 1.26 bits per heavy atom. The van der Waals surface area contributed by atoms with Crippen LogP contribution in [0.4, 0.5) is 8.78 Å². The average molecular weight is 431 g/mol. The van der Waals surface area contributed by atoms with Crippen molar-refractivity contribution < 1.29 is 13.6 Å². The number of benzene rings is 1. The molecule has 1 amide bonds. The summed E-state index contributed by atoms with van der Waals surface area (Å²) >= 11 is 0. The predicted octanol–water partition coefficient (Wildman–Crippen LogP) is 2.51. The molecule has 0 radical (unpaired) electrons. The number of nitrogens with zero attached hydrogens (tertiary/aromatic N) is 3. The Hall–Kier alpha value is -3.07. The van der Waals surface area contributed by atoms with Gasteiger partial charge in [-0.05, 0) is 52.1 Å². The summed E-state index contributed by atoms with van der Waals surface area (Å²) in [4.78, 5) is 29.5. The molecule has 0 aliphatic heterocycles. The monoisotopic (exact) mass is 431 g/mol. The van der Waals surface area contributed by atoms with E-state index in [2.05, 4.69) is 15.4 Å². The van der Waals surface area contributed by atoms with Gasteiger partial charge in [-0.15, -0.1) is 0 Å². The number of halogens is 2. The third kappa shape index (κ3) is 4.51. The van der Waals surface area contributed by atoms with Crippen LogP contribution in [-0.4, -0.2) is 46.2 Å². The third-order valence-electron chi connectivity index (χ3n) is 5.61. The van der Waals surface area contributed by atoms with Crippen molar-refractivity contribution in [3.05, 3.63) is 62.6 Å².